The first-order valence-corrected chi connectivity index (χ1v) is 3.95. The molecule has 0 aliphatic rings. The van der Waals surface area contributed by atoms with Crippen LogP contribution in [0.2, 0.25) is 0 Å². The highest BCUT2D eigenvalue weighted by molar-refractivity contribution is 5.85. The fraction of sp³-hybridized carbons (Fsp3) is 0.250. The average Bonchev–Trinajstić information content (AvgIpc) is 2.58. The number of anilines is 1. The molecule has 0 aliphatic heterocycles. The van der Waals surface area contributed by atoms with E-state index in [9.17, 15) is 0 Å². The van der Waals surface area contributed by atoms with Gasteiger partial charge in [0, 0.05) is 32.1 Å². The predicted molar refractivity (Wildman–Crippen MR) is 64.3 cm³/mol. The summed E-state index contributed by atoms with van der Waals surface area (Å²) in [5.41, 5.74) is 8.17. The molecular weight excluding hydrogens is 237 g/mol. The van der Waals surface area contributed by atoms with Crippen molar-refractivity contribution in [3.63, 3.8) is 0 Å². The summed E-state index contributed by atoms with van der Waals surface area (Å²) in [6, 6.07) is 0. The van der Waals surface area contributed by atoms with Crippen LogP contribution < -0.4 is 5.73 Å². The Morgan fingerprint density at radius 3 is 2.20 bits per heavy atom. The molecule has 0 saturated carbocycles. The smallest absolute Gasteiger partial charge is 0.118 e. The third kappa shape index (κ3) is 2.64. The van der Waals surface area contributed by atoms with E-state index in [4.69, 9.17) is 5.73 Å². The van der Waals surface area contributed by atoms with E-state index in [0.29, 0.717) is 5.69 Å². The van der Waals surface area contributed by atoms with E-state index in [1.54, 1.807) is 21.8 Å². The summed E-state index contributed by atoms with van der Waals surface area (Å²) in [6.07, 6.45) is 5.42. The minimum absolute atomic E-state index is 0. The Labute approximate surface area is 100 Å². The van der Waals surface area contributed by atoms with Gasteiger partial charge in [-0.05, 0) is 0 Å². The van der Waals surface area contributed by atoms with E-state index in [1.165, 1.54) is 0 Å². The second-order valence-corrected chi connectivity index (χ2v) is 3.01. The largest absolute Gasteiger partial charge is 0.396 e. The minimum Gasteiger partial charge on any atom is -0.396 e. The first-order valence-electron chi connectivity index (χ1n) is 3.95. The summed E-state index contributed by atoms with van der Waals surface area (Å²) in [7, 11) is 3.71. The quantitative estimate of drug-likeness (QED) is 0.828. The Balaban J connectivity index is 0.000000980. The van der Waals surface area contributed by atoms with Crippen LogP contribution in [0.1, 0.15) is 0 Å². The number of aromatic nitrogens is 4. The normalized spacial score (nSPS) is 9.20. The molecule has 0 bridgehead atoms. The maximum absolute atomic E-state index is 5.76. The minimum atomic E-state index is 0. The number of halogens is 2. The standard InChI is InChI=1S/C8H11N5.2ClH/c1-12-4-6(3-10-12)8-7(9)5-13(2)11-8;;/h3-5H,9H2,1-2H3;2*1H. The van der Waals surface area contributed by atoms with Crippen LogP contribution in [-0.2, 0) is 14.1 Å². The molecule has 0 fully saturated rings. The summed E-state index contributed by atoms with van der Waals surface area (Å²) in [5.74, 6) is 0. The fourth-order valence-electron chi connectivity index (χ4n) is 1.27. The maximum Gasteiger partial charge on any atom is 0.118 e. The summed E-state index contributed by atoms with van der Waals surface area (Å²) in [4.78, 5) is 0. The van der Waals surface area contributed by atoms with Gasteiger partial charge in [-0.1, -0.05) is 0 Å². The highest BCUT2D eigenvalue weighted by Gasteiger charge is 2.08. The van der Waals surface area contributed by atoms with E-state index >= 15 is 0 Å². The number of hydrogen-bond donors (Lipinski definition) is 1. The molecule has 2 heterocycles. The van der Waals surface area contributed by atoms with Crippen LogP contribution >= 0.6 is 24.8 Å². The zero-order valence-corrected chi connectivity index (χ0v) is 10.0. The summed E-state index contributed by atoms with van der Waals surface area (Å²) in [5, 5.41) is 8.29. The van der Waals surface area contributed by atoms with Crippen LogP contribution in [0.5, 0.6) is 0 Å². The Bertz CT molecular complexity index is 434. The van der Waals surface area contributed by atoms with Gasteiger partial charge in [-0.15, -0.1) is 24.8 Å². The third-order valence-corrected chi connectivity index (χ3v) is 1.84. The molecule has 0 unspecified atom stereocenters. The number of rotatable bonds is 1. The first kappa shape index (κ1) is 13.8. The van der Waals surface area contributed by atoms with Crippen molar-refractivity contribution in [2.24, 2.45) is 14.1 Å². The summed E-state index contributed by atoms with van der Waals surface area (Å²) >= 11 is 0. The lowest BCUT2D eigenvalue weighted by atomic mass is 10.2. The molecular formula is C8H13Cl2N5. The molecule has 0 saturated heterocycles. The van der Waals surface area contributed by atoms with Crippen molar-refractivity contribution < 1.29 is 0 Å². The van der Waals surface area contributed by atoms with E-state index < -0.39 is 0 Å². The van der Waals surface area contributed by atoms with E-state index in [2.05, 4.69) is 10.2 Å². The molecule has 0 spiro atoms. The topological polar surface area (TPSA) is 61.7 Å². The van der Waals surface area contributed by atoms with E-state index in [0.717, 1.165) is 11.3 Å². The molecule has 0 radical (unpaired) electrons. The Hall–Kier alpha value is -1.20. The highest BCUT2D eigenvalue weighted by atomic mass is 35.5. The molecule has 0 aliphatic carbocycles. The molecule has 2 rings (SSSR count). The van der Waals surface area contributed by atoms with Gasteiger partial charge < -0.3 is 5.73 Å². The second kappa shape index (κ2) is 5.04. The van der Waals surface area contributed by atoms with Gasteiger partial charge in [-0.25, -0.2) is 0 Å². The van der Waals surface area contributed by atoms with Crippen molar-refractivity contribution in [2.75, 3.05) is 5.73 Å². The fourth-order valence-corrected chi connectivity index (χ4v) is 1.27. The lowest BCUT2D eigenvalue weighted by Crippen LogP contribution is -1.87. The van der Waals surface area contributed by atoms with Crippen LogP contribution in [0, 0.1) is 0 Å². The van der Waals surface area contributed by atoms with Crippen molar-refractivity contribution in [1.82, 2.24) is 19.6 Å². The van der Waals surface area contributed by atoms with Crippen molar-refractivity contribution in [3.05, 3.63) is 18.6 Å². The zero-order valence-electron chi connectivity index (χ0n) is 8.41. The summed E-state index contributed by atoms with van der Waals surface area (Å²) in [6.45, 7) is 0. The Morgan fingerprint density at radius 1 is 1.13 bits per heavy atom. The van der Waals surface area contributed by atoms with Gasteiger partial charge in [-0.2, -0.15) is 10.2 Å². The second-order valence-electron chi connectivity index (χ2n) is 3.01. The van der Waals surface area contributed by atoms with Crippen LogP contribution in [0.3, 0.4) is 0 Å². The third-order valence-electron chi connectivity index (χ3n) is 1.84. The van der Waals surface area contributed by atoms with Crippen molar-refractivity contribution >= 4 is 30.5 Å². The Kier molecular flexibility index (Phi) is 4.64. The molecule has 2 N–H and O–H groups in total. The molecule has 2 aromatic heterocycles. The van der Waals surface area contributed by atoms with Gasteiger partial charge in [-0.3, -0.25) is 9.36 Å². The van der Waals surface area contributed by atoms with E-state index in [-0.39, 0.29) is 24.8 Å². The van der Waals surface area contributed by atoms with Gasteiger partial charge in [0.2, 0.25) is 0 Å². The molecule has 0 amide bonds. The number of nitrogens with two attached hydrogens (primary N) is 1. The van der Waals surface area contributed by atoms with Crippen LogP contribution in [0.4, 0.5) is 5.69 Å². The molecule has 84 valence electrons. The number of nitrogens with zero attached hydrogens (tertiary/aromatic N) is 4. The van der Waals surface area contributed by atoms with Gasteiger partial charge in [0.05, 0.1) is 11.9 Å². The first-order chi connectivity index (χ1) is 6.16. The maximum atomic E-state index is 5.76. The van der Waals surface area contributed by atoms with Crippen LogP contribution in [0.15, 0.2) is 18.6 Å². The van der Waals surface area contributed by atoms with E-state index in [1.807, 2.05) is 20.3 Å². The van der Waals surface area contributed by atoms with Crippen molar-refractivity contribution in [2.45, 2.75) is 0 Å². The van der Waals surface area contributed by atoms with Crippen molar-refractivity contribution in [1.29, 1.82) is 0 Å². The molecule has 7 heteroatoms. The molecule has 0 atom stereocenters. The molecule has 5 nitrogen and oxygen atoms in total. The predicted octanol–water partition coefficient (Wildman–Crippen LogP) is 1.25. The molecule has 15 heavy (non-hydrogen) atoms. The SMILES string of the molecule is Cl.Cl.Cn1cc(-c2nn(C)cc2N)cn1. The number of aryl methyl sites for hydroxylation is 2. The van der Waals surface area contributed by atoms with Gasteiger partial charge in [0.25, 0.3) is 0 Å². The van der Waals surface area contributed by atoms with Crippen molar-refractivity contribution in [3.8, 4) is 11.3 Å². The molecule has 0 aromatic carbocycles. The van der Waals surface area contributed by atoms with Crippen LogP contribution in [-0.4, -0.2) is 19.6 Å². The average molecular weight is 250 g/mol. The Morgan fingerprint density at radius 2 is 1.80 bits per heavy atom. The number of nitrogen functional groups attached to an aromatic ring is 1. The van der Waals surface area contributed by atoms with Crippen LogP contribution in [0.25, 0.3) is 11.3 Å². The molecule has 2 aromatic rings. The van der Waals surface area contributed by atoms with Gasteiger partial charge in [0.1, 0.15) is 5.69 Å². The number of hydrogen-bond acceptors (Lipinski definition) is 3. The summed E-state index contributed by atoms with van der Waals surface area (Å²) < 4.78 is 3.42. The zero-order chi connectivity index (χ0) is 9.42. The highest BCUT2D eigenvalue weighted by Crippen LogP contribution is 2.22. The monoisotopic (exact) mass is 249 g/mol. The lowest BCUT2D eigenvalue weighted by molar-refractivity contribution is 0.766. The lowest BCUT2D eigenvalue weighted by Gasteiger charge is -1.90. The van der Waals surface area contributed by atoms with Gasteiger partial charge in [0.15, 0.2) is 0 Å². The van der Waals surface area contributed by atoms with Gasteiger partial charge >= 0.3 is 0 Å².